The van der Waals surface area contributed by atoms with Gasteiger partial charge >= 0.3 is 5.97 Å². The molecule has 1 N–H and O–H groups in total. The fourth-order valence-corrected chi connectivity index (χ4v) is 7.99. The molecule has 3 heterocycles. The van der Waals surface area contributed by atoms with Gasteiger partial charge in [-0.15, -0.1) is 0 Å². The summed E-state index contributed by atoms with van der Waals surface area (Å²) in [5.41, 5.74) is 3.19. The van der Waals surface area contributed by atoms with E-state index in [0.717, 1.165) is 102 Å². The molecule has 2 aromatic rings. The second-order valence-corrected chi connectivity index (χ2v) is 13.4. The first-order valence-corrected chi connectivity index (χ1v) is 15.9. The molecule has 0 spiro atoms. The number of carbonyl (C=O) groups is 1. The maximum Gasteiger partial charge on any atom is 0.310 e. The number of aliphatic carboxylic acids is 1. The molecule has 0 unspecified atom stereocenters. The number of halogens is 1. The van der Waals surface area contributed by atoms with Gasteiger partial charge in [0.1, 0.15) is 5.82 Å². The molecule has 2 aliphatic carbocycles. The summed E-state index contributed by atoms with van der Waals surface area (Å²) >= 11 is 0. The van der Waals surface area contributed by atoms with E-state index in [9.17, 15) is 14.3 Å². The smallest absolute Gasteiger partial charge is 0.310 e. The van der Waals surface area contributed by atoms with Crippen LogP contribution >= 0.6 is 0 Å². The van der Waals surface area contributed by atoms with Crippen molar-refractivity contribution in [2.75, 3.05) is 39.3 Å². The molecular weight excluding hydrogens is 503 g/mol. The van der Waals surface area contributed by atoms with E-state index in [0.29, 0.717) is 18.4 Å². The maximum absolute atomic E-state index is 14.3. The number of hydrogen-bond acceptors (Lipinski definition) is 4. The first-order valence-electron chi connectivity index (χ1n) is 15.9. The number of carboxylic acids is 1. The zero-order valence-electron chi connectivity index (χ0n) is 24.2. The van der Waals surface area contributed by atoms with Crippen LogP contribution in [0.2, 0.25) is 0 Å². The molecule has 0 radical (unpaired) electrons. The Balaban J connectivity index is 1.12. The molecule has 4 aliphatic rings. The minimum Gasteiger partial charge on any atom is -0.481 e. The number of carboxylic acid groups (broad SMARTS) is 1. The van der Waals surface area contributed by atoms with Crippen LogP contribution < -0.4 is 0 Å². The van der Waals surface area contributed by atoms with Crippen molar-refractivity contribution in [2.24, 2.45) is 17.3 Å². The Labute approximate surface area is 238 Å². The number of likely N-dealkylation sites (tertiary alicyclic amines) is 2. The Morgan fingerprint density at radius 1 is 1.05 bits per heavy atom. The Hall–Kier alpha value is -2.25. The fourth-order valence-electron chi connectivity index (χ4n) is 7.99. The lowest BCUT2D eigenvalue weighted by Gasteiger charge is -2.37. The Morgan fingerprint density at radius 3 is 2.50 bits per heavy atom. The molecule has 40 heavy (non-hydrogen) atoms. The van der Waals surface area contributed by atoms with Crippen molar-refractivity contribution >= 4 is 5.97 Å². The molecule has 6 nitrogen and oxygen atoms in total. The lowest BCUT2D eigenvalue weighted by Crippen LogP contribution is -2.44. The minimum absolute atomic E-state index is 0.182. The van der Waals surface area contributed by atoms with Crippen molar-refractivity contribution in [3.05, 3.63) is 53.1 Å². The number of rotatable bonds is 10. The summed E-state index contributed by atoms with van der Waals surface area (Å²) in [6.45, 7) is 8.78. The van der Waals surface area contributed by atoms with Gasteiger partial charge in [0.15, 0.2) is 0 Å². The Morgan fingerprint density at radius 2 is 1.82 bits per heavy atom. The molecule has 1 aromatic carbocycles. The Kier molecular flexibility index (Phi) is 8.32. The number of aryl methyl sites for hydroxylation is 1. The SMILES string of the molecule is CCc1nn(CC2CC2)cc1C1CCN(C[C@H]2CN(CC3(C(=O)O)CCCCC3)C[C@@H]2c2cccc(F)c2)CC1. The van der Waals surface area contributed by atoms with Gasteiger partial charge in [-0.05, 0) is 99.0 Å². The first-order chi connectivity index (χ1) is 19.4. The monoisotopic (exact) mass is 550 g/mol. The van der Waals surface area contributed by atoms with Gasteiger partial charge in [0.2, 0.25) is 0 Å². The molecule has 0 bridgehead atoms. The largest absolute Gasteiger partial charge is 0.481 e. The summed E-state index contributed by atoms with van der Waals surface area (Å²) < 4.78 is 16.5. The standard InChI is InChI=1S/C33H47FN4O2/c1-2-31-30(22-38(35-31)18-24-9-10-24)25-11-15-36(16-12-25)19-27-20-37(21-29(27)26-7-6-8-28(34)17-26)23-33(32(39)40)13-4-3-5-14-33/h6-8,17,22,24-25,27,29H,2-5,9-16,18-21,23H2,1H3,(H,39,40)/t27-,29+/m0/s1. The molecule has 0 amide bonds. The van der Waals surface area contributed by atoms with E-state index in [1.54, 1.807) is 6.07 Å². The predicted octanol–water partition coefficient (Wildman–Crippen LogP) is 5.92. The minimum atomic E-state index is -0.632. The van der Waals surface area contributed by atoms with E-state index in [-0.39, 0.29) is 11.7 Å². The molecule has 4 fully saturated rings. The highest BCUT2D eigenvalue weighted by Gasteiger charge is 2.44. The number of benzene rings is 1. The van der Waals surface area contributed by atoms with Crippen molar-refractivity contribution < 1.29 is 14.3 Å². The number of aromatic nitrogens is 2. The molecule has 2 atom stereocenters. The van der Waals surface area contributed by atoms with Gasteiger partial charge in [0.25, 0.3) is 0 Å². The molecule has 6 rings (SSSR count). The maximum atomic E-state index is 14.3. The summed E-state index contributed by atoms with van der Waals surface area (Å²) in [5, 5.41) is 15.1. The van der Waals surface area contributed by atoms with Crippen LogP contribution in [0.5, 0.6) is 0 Å². The molecule has 1 aromatic heterocycles. The first kappa shape index (κ1) is 27.9. The van der Waals surface area contributed by atoms with Gasteiger partial charge in [0.05, 0.1) is 11.1 Å². The topological polar surface area (TPSA) is 61.6 Å². The van der Waals surface area contributed by atoms with Gasteiger partial charge in [0, 0.05) is 44.8 Å². The molecule has 2 saturated heterocycles. The highest BCUT2D eigenvalue weighted by atomic mass is 19.1. The van der Waals surface area contributed by atoms with Crippen LogP contribution in [-0.2, 0) is 17.8 Å². The third kappa shape index (κ3) is 6.15. The lowest BCUT2D eigenvalue weighted by molar-refractivity contribution is -0.152. The summed E-state index contributed by atoms with van der Waals surface area (Å²) in [6.07, 6.45) is 13.1. The average molecular weight is 551 g/mol. The van der Waals surface area contributed by atoms with Crippen LogP contribution in [0.3, 0.4) is 0 Å². The number of hydrogen-bond donors (Lipinski definition) is 1. The summed E-state index contributed by atoms with van der Waals surface area (Å²) in [4.78, 5) is 17.4. The van der Waals surface area contributed by atoms with Crippen LogP contribution in [-0.4, -0.2) is 69.9 Å². The van der Waals surface area contributed by atoms with E-state index in [1.165, 1.54) is 30.2 Å². The van der Waals surface area contributed by atoms with E-state index >= 15 is 0 Å². The number of nitrogens with zero attached hydrogens (tertiary/aromatic N) is 4. The predicted molar refractivity (Wildman–Crippen MR) is 155 cm³/mol. The molecule has 218 valence electrons. The van der Waals surface area contributed by atoms with Crippen LogP contribution in [0.4, 0.5) is 4.39 Å². The number of piperidine rings is 1. The summed E-state index contributed by atoms with van der Waals surface area (Å²) in [5.74, 6) is 1.21. The zero-order chi connectivity index (χ0) is 27.7. The van der Waals surface area contributed by atoms with Gasteiger partial charge in [-0.2, -0.15) is 5.10 Å². The van der Waals surface area contributed by atoms with Gasteiger partial charge in [-0.3, -0.25) is 9.48 Å². The quantitative estimate of drug-likeness (QED) is 0.398. The van der Waals surface area contributed by atoms with Gasteiger partial charge in [-0.1, -0.05) is 38.3 Å². The second kappa shape index (κ2) is 11.9. The fraction of sp³-hybridized carbons (Fsp3) is 0.697. The van der Waals surface area contributed by atoms with Crippen molar-refractivity contribution in [3.8, 4) is 0 Å². The molecule has 7 heteroatoms. The van der Waals surface area contributed by atoms with E-state index in [4.69, 9.17) is 5.10 Å². The second-order valence-electron chi connectivity index (χ2n) is 13.4. The third-order valence-corrected chi connectivity index (χ3v) is 10.5. The van der Waals surface area contributed by atoms with E-state index < -0.39 is 11.4 Å². The highest BCUT2D eigenvalue weighted by Crippen LogP contribution is 2.42. The summed E-state index contributed by atoms with van der Waals surface area (Å²) in [7, 11) is 0. The molecule has 2 saturated carbocycles. The van der Waals surface area contributed by atoms with Crippen LogP contribution in [0.1, 0.15) is 93.4 Å². The van der Waals surface area contributed by atoms with Crippen molar-refractivity contribution in [1.29, 1.82) is 0 Å². The summed E-state index contributed by atoms with van der Waals surface area (Å²) in [6, 6.07) is 7.11. The highest BCUT2D eigenvalue weighted by molar-refractivity contribution is 5.75. The van der Waals surface area contributed by atoms with Gasteiger partial charge < -0.3 is 14.9 Å². The molecule has 2 aliphatic heterocycles. The normalized spacial score (nSPS) is 26.4. The van der Waals surface area contributed by atoms with Crippen LogP contribution in [0, 0.1) is 23.1 Å². The van der Waals surface area contributed by atoms with Crippen molar-refractivity contribution in [2.45, 2.75) is 89.5 Å². The average Bonchev–Trinajstić information content (AvgIpc) is 3.54. The third-order valence-electron chi connectivity index (χ3n) is 10.5. The van der Waals surface area contributed by atoms with Crippen LogP contribution in [0.25, 0.3) is 0 Å². The van der Waals surface area contributed by atoms with Crippen molar-refractivity contribution in [1.82, 2.24) is 19.6 Å². The van der Waals surface area contributed by atoms with Crippen molar-refractivity contribution in [3.63, 3.8) is 0 Å². The molecular formula is C33H47FN4O2. The van der Waals surface area contributed by atoms with E-state index in [1.807, 2.05) is 6.07 Å². The van der Waals surface area contributed by atoms with Gasteiger partial charge in [-0.25, -0.2) is 4.39 Å². The lowest BCUT2D eigenvalue weighted by atomic mass is 9.73. The van der Waals surface area contributed by atoms with Crippen LogP contribution in [0.15, 0.2) is 30.5 Å². The Bertz CT molecular complexity index is 1160. The van der Waals surface area contributed by atoms with E-state index in [2.05, 4.69) is 33.7 Å². The zero-order valence-corrected chi connectivity index (χ0v) is 24.2.